The summed E-state index contributed by atoms with van der Waals surface area (Å²) >= 11 is 0. The number of hydrogen-bond acceptors (Lipinski definition) is 4. The van der Waals surface area contributed by atoms with Crippen LogP contribution in [0.2, 0.25) is 0 Å². The molecule has 0 spiro atoms. The highest BCUT2D eigenvalue weighted by atomic mass is 16.5. The molecule has 1 aromatic heterocycles. The number of aryl methyl sites for hydroxylation is 1. The first kappa shape index (κ1) is 14.5. The molecule has 0 aromatic carbocycles. The van der Waals surface area contributed by atoms with E-state index in [0.717, 1.165) is 39.3 Å². The van der Waals surface area contributed by atoms with Crippen LogP contribution in [-0.2, 0) is 18.2 Å². The summed E-state index contributed by atoms with van der Waals surface area (Å²) in [5.74, 6) is 0. The molecular weight excluding hydrogens is 240 g/mol. The average molecular weight is 266 g/mol. The van der Waals surface area contributed by atoms with Crippen molar-refractivity contribution in [3.63, 3.8) is 0 Å². The highest BCUT2D eigenvalue weighted by Crippen LogP contribution is 2.08. The Hall–Kier alpha value is -0.910. The van der Waals surface area contributed by atoms with Gasteiger partial charge < -0.3 is 10.1 Å². The molecule has 108 valence electrons. The summed E-state index contributed by atoms with van der Waals surface area (Å²) in [5, 5.41) is 7.73. The first-order chi connectivity index (χ1) is 9.16. The number of nitrogens with one attached hydrogen (secondary N) is 1. The Morgan fingerprint density at radius 1 is 1.53 bits per heavy atom. The van der Waals surface area contributed by atoms with Crippen molar-refractivity contribution < 1.29 is 4.74 Å². The molecule has 0 saturated carbocycles. The number of aromatic nitrogens is 2. The fraction of sp³-hybridized carbons (Fsp3) is 0.786. The van der Waals surface area contributed by atoms with Crippen LogP contribution in [0.15, 0.2) is 12.3 Å². The lowest BCUT2D eigenvalue weighted by Crippen LogP contribution is -2.51. The predicted molar refractivity (Wildman–Crippen MR) is 76.2 cm³/mol. The molecule has 0 radical (unpaired) electrons. The van der Waals surface area contributed by atoms with Crippen molar-refractivity contribution in [1.82, 2.24) is 20.0 Å². The molecule has 19 heavy (non-hydrogen) atoms. The summed E-state index contributed by atoms with van der Waals surface area (Å²) in [5.41, 5.74) is 1.29. The van der Waals surface area contributed by atoms with Crippen LogP contribution in [0.25, 0.3) is 0 Å². The second kappa shape index (κ2) is 7.03. The Balaban J connectivity index is 1.83. The zero-order chi connectivity index (χ0) is 13.7. The van der Waals surface area contributed by atoms with E-state index in [9.17, 15) is 0 Å². The maximum atomic E-state index is 5.61. The van der Waals surface area contributed by atoms with E-state index in [1.807, 2.05) is 17.9 Å². The Bertz CT molecular complexity index is 377. The fourth-order valence-corrected chi connectivity index (χ4v) is 2.45. The minimum atomic E-state index is 0.490. The lowest BCUT2D eigenvalue weighted by molar-refractivity contribution is -0.00690. The summed E-state index contributed by atoms with van der Waals surface area (Å²) in [6.45, 7) is 9.17. The predicted octanol–water partition coefficient (Wildman–Crippen LogP) is 0.661. The average Bonchev–Trinajstić information content (AvgIpc) is 2.80. The summed E-state index contributed by atoms with van der Waals surface area (Å²) in [4.78, 5) is 2.53. The van der Waals surface area contributed by atoms with Gasteiger partial charge in [-0.1, -0.05) is 13.8 Å². The fourth-order valence-electron chi connectivity index (χ4n) is 2.45. The van der Waals surface area contributed by atoms with Crippen LogP contribution < -0.4 is 5.32 Å². The van der Waals surface area contributed by atoms with E-state index in [1.165, 1.54) is 5.69 Å². The van der Waals surface area contributed by atoms with Crippen LogP contribution >= 0.6 is 0 Å². The summed E-state index contributed by atoms with van der Waals surface area (Å²) < 4.78 is 7.57. The SMILES string of the molecule is CC(C)NCC1COCCN1CCc1ccnn1C. The standard InChI is InChI=1S/C14H26N4O/c1-12(2)15-10-14-11-19-9-8-18(14)7-5-13-4-6-16-17(13)3/h4,6,12,14-15H,5,7-11H2,1-3H3. The minimum absolute atomic E-state index is 0.490. The molecule has 5 nitrogen and oxygen atoms in total. The topological polar surface area (TPSA) is 42.3 Å². The highest BCUT2D eigenvalue weighted by Gasteiger charge is 2.22. The summed E-state index contributed by atoms with van der Waals surface area (Å²) in [6.07, 6.45) is 2.92. The van der Waals surface area contributed by atoms with Crippen molar-refractivity contribution in [2.75, 3.05) is 32.8 Å². The molecule has 1 unspecified atom stereocenters. The van der Waals surface area contributed by atoms with Gasteiger partial charge >= 0.3 is 0 Å². The van der Waals surface area contributed by atoms with E-state index in [4.69, 9.17) is 4.74 Å². The molecule has 2 heterocycles. The molecule has 1 N–H and O–H groups in total. The first-order valence-electron chi connectivity index (χ1n) is 7.19. The maximum absolute atomic E-state index is 5.61. The number of rotatable bonds is 6. The first-order valence-corrected chi connectivity index (χ1v) is 7.19. The molecular formula is C14H26N4O. The van der Waals surface area contributed by atoms with Crippen molar-refractivity contribution in [2.45, 2.75) is 32.4 Å². The van der Waals surface area contributed by atoms with Crippen LogP contribution in [0.4, 0.5) is 0 Å². The van der Waals surface area contributed by atoms with Gasteiger partial charge in [0.1, 0.15) is 0 Å². The maximum Gasteiger partial charge on any atom is 0.0634 e. The second-order valence-electron chi connectivity index (χ2n) is 5.52. The van der Waals surface area contributed by atoms with Crippen LogP contribution in [0.1, 0.15) is 19.5 Å². The van der Waals surface area contributed by atoms with Crippen molar-refractivity contribution in [2.24, 2.45) is 7.05 Å². The molecule has 2 rings (SSSR count). The molecule has 1 saturated heterocycles. The van der Waals surface area contributed by atoms with E-state index in [-0.39, 0.29) is 0 Å². The van der Waals surface area contributed by atoms with Gasteiger partial charge in [-0.3, -0.25) is 9.58 Å². The Labute approximate surface area is 115 Å². The van der Waals surface area contributed by atoms with E-state index >= 15 is 0 Å². The van der Waals surface area contributed by atoms with Gasteiger partial charge in [-0.15, -0.1) is 0 Å². The Morgan fingerprint density at radius 3 is 3.05 bits per heavy atom. The van der Waals surface area contributed by atoms with E-state index in [2.05, 4.69) is 35.2 Å². The molecule has 1 aliphatic rings. The third-order valence-corrected chi connectivity index (χ3v) is 3.69. The van der Waals surface area contributed by atoms with Gasteiger partial charge in [0.25, 0.3) is 0 Å². The number of nitrogens with zero attached hydrogens (tertiary/aromatic N) is 3. The summed E-state index contributed by atoms with van der Waals surface area (Å²) in [7, 11) is 2.01. The van der Waals surface area contributed by atoms with Gasteiger partial charge in [0.15, 0.2) is 0 Å². The van der Waals surface area contributed by atoms with Crippen LogP contribution in [0, 0.1) is 0 Å². The van der Waals surface area contributed by atoms with Gasteiger partial charge in [-0.2, -0.15) is 5.10 Å². The van der Waals surface area contributed by atoms with Gasteiger partial charge in [0.05, 0.1) is 13.2 Å². The molecule has 1 aromatic rings. The van der Waals surface area contributed by atoms with Gasteiger partial charge in [0, 0.05) is 57.1 Å². The quantitative estimate of drug-likeness (QED) is 0.821. The lowest BCUT2D eigenvalue weighted by atomic mass is 10.2. The highest BCUT2D eigenvalue weighted by molar-refractivity contribution is 5.00. The van der Waals surface area contributed by atoms with Crippen molar-refractivity contribution in [3.8, 4) is 0 Å². The van der Waals surface area contributed by atoms with Gasteiger partial charge in [-0.05, 0) is 6.07 Å². The van der Waals surface area contributed by atoms with Gasteiger partial charge in [0.2, 0.25) is 0 Å². The van der Waals surface area contributed by atoms with E-state index in [1.54, 1.807) is 0 Å². The number of ether oxygens (including phenoxy) is 1. The largest absolute Gasteiger partial charge is 0.378 e. The molecule has 0 aliphatic carbocycles. The smallest absolute Gasteiger partial charge is 0.0634 e. The van der Waals surface area contributed by atoms with Gasteiger partial charge in [-0.25, -0.2) is 0 Å². The zero-order valence-electron chi connectivity index (χ0n) is 12.3. The van der Waals surface area contributed by atoms with Crippen molar-refractivity contribution in [1.29, 1.82) is 0 Å². The van der Waals surface area contributed by atoms with E-state index in [0.29, 0.717) is 12.1 Å². The molecule has 0 bridgehead atoms. The van der Waals surface area contributed by atoms with Crippen LogP contribution in [0.5, 0.6) is 0 Å². The number of hydrogen-bond donors (Lipinski definition) is 1. The number of morpholine rings is 1. The second-order valence-corrected chi connectivity index (χ2v) is 5.52. The molecule has 5 heteroatoms. The lowest BCUT2D eigenvalue weighted by Gasteiger charge is -2.36. The molecule has 1 fully saturated rings. The minimum Gasteiger partial charge on any atom is -0.378 e. The molecule has 1 atom stereocenters. The monoisotopic (exact) mass is 266 g/mol. The summed E-state index contributed by atoms with van der Waals surface area (Å²) in [6, 6.07) is 3.12. The van der Waals surface area contributed by atoms with E-state index < -0.39 is 0 Å². The van der Waals surface area contributed by atoms with Crippen molar-refractivity contribution in [3.05, 3.63) is 18.0 Å². The molecule has 0 amide bonds. The third-order valence-electron chi connectivity index (χ3n) is 3.69. The normalized spacial score (nSPS) is 21.2. The van der Waals surface area contributed by atoms with Crippen molar-refractivity contribution >= 4 is 0 Å². The molecule has 1 aliphatic heterocycles. The third kappa shape index (κ3) is 4.30. The van der Waals surface area contributed by atoms with Crippen LogP contribution in [0.3, 0.4) is 0 Å². The zero-order valence-corrected chi connectivity index (χ0v) is 12.3. The van der Waals surface area contributed by atoms with Crippen LogP contribution in [-0.4, -0.2) is 59.6 Å². The Morgan fingerprint density at radius 2 is 2.37 bits per heavy atom. The Kier molecular flexibility index (Phi) is 5.36.